The van der Waals surface area contributed by atoms with Crippen LogP contribution in [0.15, 0.2) is 36.4 Å². The molecule has 0 fully saturated rings. The molecule has 0 unspecified atom stereocenters. The van der Waals surface area contributed by atoms with E-state index in [4.69, 9.17) is 23.2 Å². The van der Waals surface area contributed by atoms with Crippen LogP contribution < -0.4 is 4.72 Å². The lowest BCUT2D eigenvalue weighted by Gasteiger charge is -2.17. The summed E-state index contributed by atoms with van der Waals surface area (Å²) in [5.74, 6) is -0.140. The summed E-state index contributed by atoms with van der Waals surface area (Å²) >= 11 is 11.8. The summed E-state index contributed by atoms with van der Waals surface area (Å²) in [4.78, 5) is 0. The van der Waals surface area contributed by atoms with Crippen LogP contribution in [0, 0.1) is 13.8 Å². The third-order valence-electron chi connectivity index (χ3n) is 3.59. The number of hydrogen-bond donors (Lipinski definition) is 1. The van der Waals surface area contributed by atoms with E-state index in [1.54, 1.807) is 18.2 Å². The minimum atomic E-state index is -3.49. The summed E-state index contributed by atoms with van der Waals surface area (Å²) in [6, 6.07) is 10.5. The van der Waals surface area contributed by atoms with Crippen molar-refractivity contribution >= 4 is 33.2 Å². The predicted octanol–water partition coefficient (Wildman–Crippen LogP) is 4.79. The molecule has 2 aromatic rings. The Balaban J connectivity index is 2.15. The second-order valence-corrected chi connectivity index (χ2v) is 8.28. The van der Waals surface area contributed by atoms with Crippen LogP contribution in [0.4, 0.5) is 0 Å². The summed E-state index contributed by atoms with van der Waals surface area (Å²) in [6.45, 7) is 5.83. The molecule has 0 bridgehead atoms. The number of aryl methyl sites for hydroxylation is 2. The Bertz CT molecular complexity index is 819. The van der Waals surface area contributed by atoms with E-state index in [2.05, 4.69) is 4.72 Å². The molecule has 0 heterocycles. The quantitative estimate of drug-likeness (QED) is 0.820. The number of sulfonamides is 1. The van der Waals surface area contributed by atoms with Gasteiger partial charge < -0.3 is 0 Å². The van der Waals surface area contributed by atoms with Crippen molar-refractivity contribution < 1.29 is 8.42 Å². The van der Waals surface area contributed by atoms with Crippen molar-refractivity contribution in [1.82, 2.24) is 4.72 Å². The number of halogens is 2. The highest BCUT2D eigenvalue weighted by atomic mass is 35.5. The molecule has 2 rings (SSSR count). The van der Waals surface area contributed by atoms with Crippen LogP contribution in [0.2, 0.25) is 10.0 Å². The highest BCUT2D eigenvalue weighted by molar-refractivity contribution is 7.88. The number of hydrogen-bond acceptors (Lipinski definition) is 2. The van der Waals surface area contributed by atoms with E-state index >= 15 is 0 Å². The van der Waals surface area contributed by atoms with Crippen LogP contribution in [0.1, 0.15) is 35.2 Å². The summed E-state index contributed by atoms with van der Waals surface area (Å²) in [5, 5.41) is 0.756. The van der Waals surface area contributed by atoms with Crippen LogP contribution in [0.5, 0.6) is 0 Å². The highest BCUT2D eigenvalue weighted by Crippen LogP contribution is 2.24. The largest absolute Gasteiger partial charge is 0.216 e. The Labute approximate surface area is 147 Å². The van der Waals surface area contributed by atoms with Gasteiger partial charge in [0.25, 0.3) is 0 Å². The van der Waals surface area contributed by atoms with Crippen molar-refractivity contribution in [2.45, 2.75) is 32.6 Å². The molecule has 0 spiro atoms. The predicted molar refractivity (Wildman–Crippen MR) is 96.6 cm³/mol. The number of rotatable bonds is 5. The van der Waals surface area contributed by atoms with Crippen LogP contribution >= 0.6 is 23.2 Å². The molecule has 3 nitrogen and oxygen atoms in total. The zero-order valence-electron chi connectivity index (χ0n) is 13.2. The van der Waals surface area contributed by atoms with Gasteiger partial charge in [-0.05, 0) is 49.6 Å². The average molecular weight is 372 g/mol. The first-order valence-corrected chi connectivity index (χ1v) is 9.60. The lowest BCUT2D eigenvalue weighted by molar-refractivity contribution is 0.565. The number of benzene rings is 2. The maximum atomic E-state index is 12.4. The van der Waals surface area contributed by atoms with Crippen LogP contribution in [-0.4, -0.2) is 8.42 Å². The van der Waals surface area contributed by atoms with E-state index in [9.17, 15) is 8.42 Å². The smallest absolute Gasteiger partial charge is 0.212 e. The van der Waals surface area contributed by atoms with Gasteiger partial charge in [0.1, 0.15) is 0 Å². The van der Waals surface area contributed by atoms with Crippen LogP contribution in [0.3, 0.4) is 0 Å². The molecule has 124 valence electrons. The monoisotopic (exact) mass is 371 g/mol. The van der Waals surface area contributed by atoms with Gasteiger partial charge in [-0.25, -0.2) is 13.1 Å². The lowest BCUT2D eigenvalue weighted by atomic mass is 10.0. The van der Waals surface area contributed by atoms with Crippen molar-refractivity contribution in [3.05, 3.63) is 68.7 Å². The van der Waals surface area contributed by atoms with Gasteiger partial charge in [-0.15, -0.1) is 0 Å². The molecule has 1 atom stereocenters. The SMILES string of the molecule is Cc1ccc([C@H](C)NS(=O)(=O)Cc2ccc(Cl)c(Cl)c2)c(C)c1. The summed E-state index contributed by atoms with van der Waals surface area (Å²) in [5.41, 5.74) is 3.78. The molecule has 0 aliphatic carbocycles. The molecule has 0 amide bonds. The van der Waals surface area contributed by atoms with Crippen LogP contribution in [-0.2, 0) is 15.8 Å². The second kappa shape index (κ2) is 7.22. The van der Waals surface area contributed by atoms with E-state index in [-0.39, 0.29) is 11.8 Å². The van der Waals surface area contributed by atoms with Crippen molar-refractivity contribution in [1.29, 1.82) is 0 Å². The molecule has 0 saturated carbocycles. The van der Waals surface area contributed by atoms with E-state index in [0.717, 1.165) is 16.7 Å². The molecular weight excluding hydrogens is 353 g/mol. The van der Waals surface area contributed by atoms with E-state index in [1.807, 2.05) is 39.0 Å². The third-order valence-corrected chi connectivity index (χ3v) is 5.75. The molecule has 1 N–H and O–H groups in total. The normalized spacial score (nSPS) is 13.1. The molecule has 0 aliphatic heterocycles. The molecule has 6 heteroatoms. The molecule has 2 aromatic carbocycles. The fourth-order valence-corrected chi connectivity index (χ4v) is 4.22. The van der Waals surface area contributed by atoms with Crippen molar-refractivity contribution in [3.8, 4) is 0 Å². The van der Waals surface area contributed by atoms with Crippen LogP contribution in [0.25, 0.3) is 0 Å². The standard InChI is InChI=1S/C17H19Cl2NO2S/c1-11-4-6-15(12(2)8-11)13(3)20-23(21,22)10-14-5-7-16(18)17(19)9-14/h4-9,13,20H,10H2,1-3H3/t13-/m0/s1. The first-order valence-electron chi connectivity index (χ1n) is 7.19. The topological polar surface area (TPSA) is 46.2 Å². The zero-order valence-corrected chi connectivity index (χ0v) is 15.6. The molecule has 0 aromatic heterocycles. The first-order chi connectivity index (χ1) is 10.7. The second-order valence-electron chi connectivity index (χ2n) is 5.71. The molecule has 0 radical (unpaired) electrons. The Morgan fingerprint density at radius 3 is 2.35 bits per heavy atom. The Morgan fingerprint density at radius 2 is 1.74 bits per heavy atom. The number of nitrogens with one attached hydrogen (secondary N) is 1. The first kappa shape index (κ1) is 18.3. The van der Waals surface area contributed by atoms with Gasteiger partial charge in [-0.2, -0.15) is 0 Å². The zero-order chi connectivity index (χ0) is 17.2. The van der Waals surface area contributed by atoms with Gasteiger partial charge in [0.2, 0.25) is 10.0 Å². The lowest BCUT2D eigenvalue weighted by Crippen LogP contribution is -2.28. The van der Waals surface area contributed by atoms with Gasteiger partial charge >= 0.3 is 0 Å². The van der Waals surface area contributed by atoms with Gasteiger partial charge in [0.05, 0.1) is 15.8 Å². The Morgan fingerprint density at radius 1 is 1.04 bits per heavy atom. The minimum absolute atomic E-state index is 0.140. The summed E-state index contributed by atoms with van der Waals surface area (Å²) < 4.78 is 27.5. The molecular formula is C17H19Cl2NO2S. The van der Waals surface area contributed by atoms with Gasteiger partial charge in [0.15, 0.2) is 0 Å². The Hall–Kier alpha value is -1.07. The summed E-state index contributed by atoms with van der Waals surface area (Å²) in [7, 11) is -3.49. The Kier molecular flexibility index (Phi) is 5.74. The van der Waals surface area contributed by atoms with Crippen molar-refractivity contribution in [3.63, 3.8) is 0 Å². The van der Waals surface area contributed by atoms with Crippen molar-refractivity contribution in [2.24, 2.45) is 0 Å². The fourth-order valence-electron chi connectivity index (χ4n) is 2.53. The molecule has 23 heavy (non-hydrogen) atoms. The van der Waals surface area contributed by atoms with E-state index < -0.39 is 10.0 Å². The average Bonchev–Trinajstić information content (AvgIpc) is 2.41. The maximum absolute atomic E-state index is 12.4. The maximum Gasteiger partial charge on any atom is 0.216 e. The fraction of sp³-hybridized carbons (Fsp3) is 0.294. The van der Waals surface area contributed by atoms with Gasteiger partial charge in [-0.1, -0.05) is 53.0 Å². The highest BCUT2D eigenvalue weighted by Gasteiger charge is 2.18. The van der Waals surface area contributed by atoms with Crippen molar-refractivity contribution in [2.75, 3.05) is 0 Å². The molecule has 0 aliphatic rings. The van der Waals surface area contributed by atoms with E-state index in [0.29, 0.717) is 15.6 Å². The van der Waals surface area contributed by atoms with Gasteiger partial charge in [-0.3, -0.25) is 0 Å². The summed E-state index contributed by atoms with van der Waals surface area (Å²) in [6.07, 6.45) is 0. The third kappa shape index (κ3) is 4.95. The minimum Gasteiger partial charge on any atom is -0.212 e. The van der Waals surface area contributed by atoms with E-state index in [1.165, 1.54) is 0 Å². The molecule has 0 saturated heterocycles. The van der Waals surface area contributed by atoms with Gasteiger partial charge in [0, 0.05) is 6.04 Å².